The Balaban J connectivity index is 1.46. The van der Waals surface area contributed by atoms with E-state index < -0.39 is 24.2 Å². The van der Waals surface area contributed by atoms with E-state index in [2.05, 4.69) is 23.3 Å². The second-order valence-electron chi connectivity index (χ2n) is 10.3. The number of aromatic amines is 1. The quantitative estimate of drug-likeness (QED) is 0.235. The molecule has 4 atom stereocenters. The number of nitrogens with one attached hydrogen (secondary N) is 2. The van der Waals surface area contributed by atoms with Gasteiger partial charge in [0.15, 0.2) is 0 Å². The van der Waals surface area contributed by atoms with Crippen LogP contribution in [-0.2, 0) is 16.1 Å². The average Bonchev–Trinajstić information content (AvgIpc) is 3.46. The van der Waals surface area contributed by atoms with Gasteiger partial charge in [-0.15, -0.1) is 0 Å². The lowest BCUT2D eigenvalue weighted by atomic mass is 9.92. The lowest BCUT2D eigenvalue weighted by molar-refractivity contribution is -0.187. The first-order valence-electron chi connectivity index (χ1n) is 14.1. The summed E-state index contributed by atoms with van der Waals surface area (Å²) in [5.74, 6) is -0.606. The highest BCUT2D eigenvalue weighted by Gasteiger charge is 2.48. The van der Waals surface area contributed by atoms with Crippen LogP contribution in [0.25, 0.3) is 10.9 Å². The molecule has 3 rings (SSSR count). The SMILES string of the molecule is CCCCCCCCCCCCN1O[C@@H]([C@H](C)O)C(CO)C1C(=O)NCCc1c[nH]c2ccccc12. The fourth-order valence-electron chi connectivity index (χ4n) is 5.38. The van der Waals surface area contributed by atoms with E-state index in [0.29, 0.717) is 19.5 Å². The molecule has 4 N–H and O–H groups in total. The Morgan fingerprint density at radius 2 is 1.75 bits per heavy atom. The van der Waals surface area contributed by atoms with Gasteiger partial charge in [0, 0.05) is 36.1 Å². The summed E-state index contributed by atoms with van der Waals surface area (Å²) >= 11 is 0. The number of carbonyl (C=O) groups is 1. The van der Waals surface area contributed by atoms with Gasteiger partial charge in [0.2, 0.25) is 5.91 Å². The van der Waals surface area contributed by atoms with Crippen molar-refractivity contribution in [2.24, 2.45) is 5.92 Å². The van der Waals surface area contributed by atoms with Crippen LogP contribution in [0.2, 0.25) is 0 Å². The van der Waals surface area contributed by atoms with Crippen LogP contribution in [0.5, 0.6) is 0 Å². The van der Waals surface area contributed by atoms with Crippen molar-refractivity contribution in [1.82, 2.24) is 15.4 Å². The molecule has 1 aromatic heterocycles. The van der Waals surface area contributed by atoms with Crippen molar-refractivity contribution in [1.29, 1.82) is 0 Å². The van der Waals surface area contributed by atoms with Crippen molar-refractivity contribution in [2.75, 3.05) is 19.7 Å². The Labute approximate surface area is 216 Å². The number of benzene rings is 1. The molecule has 0 spiro atoms. The maximum atomic E-state index is 13.2. The molecule has 1 fully saturated rings. The van der Waals surface area contributed by atoms with Gasteiger partial charge in [0.05, 0.1) is 12.7 Å². The zero-order chi connectivity index (χ0) is 25.8. The number of carbonyl (C=O) groups excluding carboxylic acids is 1. The summed E-state index contributed by atoms with van der Waals surface area (Å²) in [6, 6.07) is 7.54. The highest BCUT2D eigenvalue weighted by Crippen LogP contribution is 2.30. The summed E-state index contributed by atoms with van der Waals surface area (Å²) in [5.41, 5.74) is 2.25. The Morgan fingerprint density at radius 3 is 2.42 bits per heavy atom. The molecule has 7 heteroatoms. The van der Waals surface area contributed by atoms with Crippen molar-refractivity contribution in [3.05, 3.63) is 36.0 Å². The minimum Gasteiger partial charge on any atom is -0.396 e. The van der Waals surface area contributed by atoms with Gasteiger partial charge in [0.1, 0.15) is 12.1 Å². The van der Waals surface area contributed by atoms with E-state index in [9.17, 15) is 15.0 Å². The van der Waals surface area contributed by atoms with Crippen molar-refractivity contribution in [3.8, 4) is 0 Å². The number of nitrogens with zero attached hydrogens (tertiary/aromatic N) is 1. The van der Waals surface area contributed by atoms with E-state index in [-0.39, 0.29) is 12.5 Å². The first kappa shape index (κ1) is 28.6. The molecular formula is C29H47N3O4. The highest BCUT2D eigenvalue weighted by atomic mass is 16.7. The first-order valence-corrected chi connectivity index (χ1v) is 14.1. The van der Waals surface area contributed by atoms with Crippen LogP contribution in [0, 0.1) is 5.92 Å². The molecule has 1 amide bonds. The molecule has 2 aromatic rings. The number of aliphatic hydroxyl groups is 2. The first-order chi connectivity index (χ1) is 17.6. The maximum Gasteiger partial charge on any atom is 0.240 e. The van der Waals surface area contributed by atoms with Gasteiger partial charge in [-0.2, -0.15) is 5.06 Å². The molecule has 2 heterocycles. The zero-order valence-corrected chi connectivity index (χ0v) is 22.3. The highest BCUT2D eigenvalue weighted by molar-refractivity contribution is 5.84. The molecule has 36 heavy (non-hydrogen) atoms. The van der Waals surface area contributed by atoms with E-state index in [4.69, 9.17) is 4.84 Å². The minimum absolute atomic E-state index is 0.149. The van der Waals surface area contributed by atoms with Crippen LogP contribution in [0.3, 0.4) is 0 Å². The van der Waals surface area contributed by atoms with E-state index in [1.54, 1.807) is 12.0 Å². The molecular weight excluding hydrogens is 454 g/mol. The fraction of sp³-hybridized carbons (Fsp3) is 0.690. The predicted octanol–water partition coefficient (Wildman–Crippen LogP) is 4.72. The molecule has 0 bridgehead atoms. The van der Waals surface area contributed by atoms with E-state index in [1.807, 2.05) is 24.4 Å². The molecule has 0 radical (unpaired) electrons. The van der Waals surface area contributed by atoms with Gasteiger partial charge >= 0.3 is 0 Å². The van der Waals surface area contributed by atoms with Gasteiger partial charge in [-0.3, -0.25) is 9.63 Å². The Bertz CT molecular complexity index is 900. The third-order valence-corrected chi connectivity index (χ3v) is 7.45. The number of para-hydroxylation sites is 1. The maximum absolute atomic E-state index is 13.2. The number of aromatic nitrogens is 1. The third-order valence-electron chi connectivity index (χ3n) is 7.45. The molecule has 1 aliphatic heterocycles. The monoisotopic (exact) mass is 501 g/mol. The molecule has 1 aromatic carbocycles. The van der Waals surface area contributed by atoms with Crippen LogP contribution >= 0.6 is 0 Å². The molecule has 1 aliphatic rings. The second-order valence-corrected chi connectivity index (χ2v) is 10.3. The number of rotatable bonds is 17. The number of unbranched alkanes of at least 4 members (excludes halogenated alkanes) is 9. The fourth-order valence-corrected chi connectivity index (χ4v) is 5.38. The normalized spacial score (nSPS) is 21.3. The van der Waals surface area contributed by atoms with Crippen LogP contribution in [-0.4, -0.2) is 64.1 Å². The van der Waals surface area contributed by atoms with E-state index in [1.165, 1.54) is 56.8 Å². The van der Waals surface area contributed by atoms with Gasteiger partial charge in [0.25, 0.3) is 0 Å². The Morgan fingerprint density at radius 1 is 1.08 bits per heavy atom. The van der Waals surface area contributed by atoms with Crippen molar-refractivity contribution in [3.63, 3.8) is 0 Å². The van der Waals surface area contributed by atoms with Gasteiger partial charge < -0.3 is 20.5 Å². The molecule has 2 unspecified atom stereocenters. The molecule has 0 aliphatic carbocycles. The smallest absolute Gasteiger partial charge is 0.240 e. The number of hydrogen-bond donors (Lipinski definition) is 4. The summed E-state index contributed by atoms with van der Waals surface area (Å²) in [6.07, 6.45) is 13.8. The summed E-state index contributed by atoms with van der Waals surface area (Å²) < 4.78 is 0. The number of H-pyrrole nitrogens is 1. The van der Waals surface area contributed by atoms with Gasteiger partial charge in [-0.1, -0.05) is 82.9 Å². The Kier molecular flexibility index (Phi) is 12.2. The molecule has 7 nitrogen and oxygen atoms in total. The number of aliphatic hydroxyl groups excluding tert-OH is 2. The molecule has 0 saturated carbocycles. The second kappa shape index (κ2) is 15.4. The summed E-state index contributed by atoms with van der Waals surface area (Å²) in [5, 5.41) is 26.2. The Hall–Kier alpha value is -1.93. The van der Waals surface area contributed by atoms with Gasteiger partial charge in [-0.05, 0) is 31.4 Å². The third kappa shape index (κ3) is 8.04. The zero-order valence-electron chi connectivity index (χ0n) is 22.3. The number of amides is 1. The van der Waals surface area contributed by atoms with Crippen LogP contribution in [0.1, 0.15) is 83.6 Å². The summed E-state index contributed by atoms with van der Waals surface area (Å²) in [6.45, 7) is 4.82. The molecule has 202 valence electrons. The van der Waals surface area contributed by atoms with Crippen molar-refractivity contribution in [2.45, 2.75) is 103 Å². The van der Waals surface area contributed by atoms with E-state index >= 15 is 0 Å². The summed E-state index contributed by atoms with van der Waals surface area (Å²) in [7, 11) is 0. The van der Waals surface area contributed by atoms with Gasteiger partial charge in [-0.25, -0.2) is 0 Å². The number of fused-ring (bicyclic) bond motifs is 1. The molecule has 1 saturated heterocycles. The topological polar surface area (TPSA) is 97.8 Å². The van der Waals surface area contributed by atoms with Crippen molar-refractivity contribution < 1.29 is 19.8 Å². The van der Waals surface area contributed by atoms with Crippen LogP contribution in [0.15, 0.2) is 30.5 Å². The number of hydrogen-bond acceptors (Lipinski definition) is 5. The predicted molar refractivity (Wildman–Crippen MR) is 144 cm³/mol. The van der Waals surface area contributed by atoms with Crippen molar-refractivity contribution >= 4 is 16.8 Å². The lowest BCUT2D eigenvalue weighted by Gasteiger charge is -2.24. The van der Waals surface area contributed by atoms with Crippen LogP contribution in [0.4, 0.5) is 0 Å². The van der Waals surface area contributed by atoms with Crippen LogP contribution < -0.4 is 5.32 Å². The minimum atomic E-state index is -0.763. The van der Waals surface area contributed by atoms with E-state index in [0.717, 1.165) is 23.9 Å². The largest absolute Gasteiger partial charge is 0.396 e. The standard InChI is InChI=1S/C29H47N3O4/c1-3-4-5-6-7-8-9-10-11-14-19-32-27(25(21-33)28(36-32)22(2)34)29(35)30-18-17-23-20-31-26-16-13-12-15-24(23)26/h12-13,15-16,20,22,25,27-28,31,33-34H,3-11,14,17-19,21H2,1-2H3,(H,30,35)/t22-,25?,27?,28-/m0/s1. The average molecular weight is 502 g/mol. The lowest BCUT2D eigenvalue weighted by Crippen LogP contribution is -2.48. The number of hydroxylamine groups is 2. The summed E-state index contributed by atoms with van der Waals surface area (Å²) in [4.78, 5) is 22.5.